The van der Waals surface area contributed by atoms with E-state index in [9.17, 15) is 10.1 Å². The Morgan fingerprint density at radius 2 is 2.30 bits per heavy atom. The fraction of sp³-hybridized carbons (Fsp3) is 0.250. The molecule has 0 saturated carbocycles. The monoisotopic (exact) mass is 289 g/mol. The summed E-state index contributed by atoms with van der Waals surface area (Å²) < 4.78 is 0. The van der Waals surface area contributed by atoms with Gasteiger partial charge in [-0.15, -0.1) is 11.3 Å². The molecule has 102 valence electrons. The van der Waals surface area contributed by atoms with Crippen LogP contribution in [0.3, 0.4) is 0 Å². The van der Waals surface area contributed by atoms with E-state index >= 15 is 0 Å². The molecule has 2 rings (SSSR count). The van der Waals surface area contributed by atoms with Crippen molar-refractivity contribution < 1.29 is 4.92 Å². The van der Waals surface area contributed by atoms with E-state index < -0.39 is 4.92 Å². The summed E-state index contributed by atoms with van der Waals surface area (Å²) in [4.78, 5) is 19.7. The van der Waals surface area contributed by atoms with E-state index in [1.807, 2.05) is 13.8 Å². The lowest BCUT2D eigenvalue weighted by molar-refractivity contribution is -0.384. The zero-order chi connectivity index (χ0) is 14.7. The molecule has 0 aliphatic rings. The number of pyridine rings is 1. The van der Waals surface area contributed by atoms with E-state index in [4.69, 9.17) is 5.26 Å². The van der Waals surface area contributed by atoms with Crippen molar-refractivity contribution >= 4 is 22.8 Å². The normalized spacial score (nSPS) is 11.7. The van der Waals surface area contributed by atoms with Gasteiger partial charge in [0.15, 0.2) is 0 Å². The van der Waals surface area contributed by atoms with Crippen molar-refractivity contribution in [2.24, 2.45) is 0 Å². The molecule has 1 atom stereocenters. The molecule has 20 heavy (non-hydrogen) atoms. The van der Waals surface area contributed by atoms with Gasteiger partial charge < -0.3 is 5.32 Å². The van der Waals surface area contributed by atoms with Crippen LogP contribution in [0.2, 0.25) is 0 Å². The van der Waals surface area contributed by atoms with Crippen LogP contribution in [-0.2, 0) is 0 Å². The molecular weight excluding hydrogens is 278 g/mol. The third-order valence-electron chi connectivity index (χ3n) is 2.59. The Hall–Kier alpha value is -2.53. The van der Waals surface area contributed by atoms with E-state index in [2.05, 4.69) is 15.3 Å². The molecule has 0 aromatic carbocycles. The fourth-order valence-corrected chi connectivity index (χ4v) is 2.45. The average molecular weight is 289 g/mol. The van der Waals surface area contributed by atoms with Crippen LogP contribution in [0.4, 0.5) is 11.5 Å². The Morgan fingerprint density at radius 3 is 2.85 bits per heavy atom. The van der Waals surface area contributed by atoms with Gasteiger partial charge in [-0.25, -0.2) is 9.97 Å². The summed E-state index contributed by atoms with van der Waals surface area (Å²) in [5, 5.41) is 23.8. The molecule has 0 aliphatic carbocycles. The minimum Gasteiger partial charge on any atom is -0.355 e. The van der Waals surface area contributed by atoms with Gasteiger partial charge >= 0.3 is 5.69 Å². The van der Waals surface area contributed by atoms with Crippen LogP contribution >= 0.6 is 11.3 Å². The van der Waals surface area contributed by atoms with E-state index in [1.54, 1.807) is 12.3 Å². The highest BCUT2D eigenvalue weighted by atomic mass is 32.1. The summed E-state index contributed by atoms with van der Waals surface area (Å²) in [6.07, 6.45) is 3.11. The highest BCUT2D eigenvalue weighted by Gasteiger charge is 2.23. The number of anilines is 1. The molecule has 2 aromatic heterocycles. The SMILES string of the molecule is Cc1cnc(C(C)Nc2nccc(C#N)c2[N+](=O)[O-])s1. The van der Waals surface area contributed by atoms with Gasteiger partial charge in [0, 0.05) is 17.3 Å². The van der Waals surface area contributed by atoms with Crippen LogP contribution in [0.1, 0.15) is 28.4 Å². The first-order valence-corrected chi connectivity index (χ1v) is 6.57. The largest absolute Gasteiger partial charge is 0.355 e. The highest BCUT2D eigenvalue weighted by molar-refractivity contribution is 7.11. The van der Waals surface area contributed by atoms with Gasteiger partial charge in [0.2, 0.25) is 5.82 Å². The Morgan fingerprint density at radius 1 is 1.55 bits per heavy atom. The summed E-state index contributed by atoms with van der Waals surface area (Å²) in [7, 11) is 0. The van der Waals surface area contributed by atoms with Gasteiger partial charge in [-0.3, -0.25) is 10.1 Å². The number of nitrogens with one attached hydrogen (secondary N) is 1. The number of thiazole rings is 1. The minimum absolute atomic E-state index is 0.0185. The molecule has 0 spiro atoms. The second-order valence-electron chi connectivity index (χ2n) is 4.10. The topological polar surface area (TPSA) is 105 Å². The van der Waals surface area contributed by atoms with Gasteiger partial charge in [0.1, 0.15) is 16.6 Å². The molecule has 0 amide bonds. The lowest BCUT2D eigenvalue weighted by atomic mass is 10.2. The predicted octanol–water partition coefficient (Wildman–Crippen LogP) is 2.80. The van der Waals surface area contributed by atoms with Crippen LogP contribution < -0.4 is 5.32 Å². The van der Waals surface area contributed by atoms with Gasteiger partial charge in [0.05, 0.1) is 11.0 Å². The first kappa shape index (κ1) is 13.9. The first-order valence-electron chi connectivity index (χ1n) is 5.75. The molecule has 0 aliphatic heterocycles. The Balaban J connectivity index is 2.34. The maximum atomic E-state index is 11.1. The molecule has 1 N–H and O–H groups in total. The zero-order valence-electron chi connectivity index (χ0n) is 10.8. The molecule has 2 heterocycles. The van der Waals surface area contributed by atoms with E-state index in [0.717, 1.165) is 9.88 Å². The van der Waals surface area contributed by atoms with Crippen molar-refractivity contribution in [1.29, 1.82) is 5.26 Å². The number of nitrogens with zero attached hydrogens (tertiary/aromatic N) is 4. The van der Waals surface area contributed by atoms with Crippen molar-refractivity contribution in [3.63, 3.8) is 0 Å². The first-order chi connectivity index (χ1) is 9.52. The number of nitro groups is 1. The molecule has 0 radical (unpaired) electrons. The number of hydrogen-bond donors (Lipinski definition) is 1. The summed E-state index contributed by atoms with van der Waals surface area (Å²) >= 11 is 1.50. The van der Waals surface area contributed by atoms with Gasteiger partial charge in [-0.1, -0.05) is 0 Å². The minimum atomic E-state index is -0.603. The molecular formula is C12H11N5O2S. The summed E-state index contributed by atoms with van der Waals surface area (Å²) in [5.41, 5.74) is -0.329. The maximum Gasteiger partial charge on any atom is 0.328 e. The number of aryl methyl sites for hydroxylation is 1. The lowest BCUT2D eigenvalue weighted by Crippen LogP contribution is -2.10. The van der Waals surface area contributed by atoms with Crippen LogP contribution in [0, 0.1) is 28.4 Å². The van der Waals surface area contributed by atoms with Gasteiger partial charge in [-0.2, -0.15) is 5.26 Å². The van der Waals surface area contributed by atoms with Crippen molar-refractivity contribution in [2.45, 2.75) is 19.9 Å². The number of nitriles is 1. The average Bonchev–Trinajstić information content (AvgIpc) is 2.84. The Labute approximate surface area is 119 Å². The number of aromatic nitrogens is 2. The van der Waals surface area contributed by atoms with E-state index in [-0.39, 0.29) is 23.1 Å². The van der Waals surface area contributed by atoms with E-state index in [1.165, 1.54) is 23.6 Å². The summed E-state index contributed by atoms with van der Waals surface area (Å²) in [6, 6.07) is 2.89. The Bertz CT molecular complexity index is 691. The second kappa shape index (κ2) is 5.63. The molecule has 0 saturated heterocycles. The maximum absolute atomic E-state index is 11.1. The fourth-order valence-electron chi connectivity index (χ4n) is 1.67. The second-order valence-corrected chi connectivity index (χ2v) is 5.37. The Kier molecular flexibility index (Phi) is 3.91. The zero-order valence-corrected chi connectivity index (χ0v) is 11.6. The molecule has 0 bridgehead atoms. The highest BCUT2D eigenvalue weighted by Crippen LogP contribution is 2.29. The lowest BCUT2D eigenvalue weighted by Gasteiger charge is -2.12. The van der Waals surface area contributed by atoms with Crippen LogP contribution in [0.5, 0.6) is 0 Å². The third kappa shape index (κ3) is 2.73. The number of rotatable bonds is 4. The molecule has 7 nitrogen and oxygen atoms in total. The van der Waals surface area contributed by atoms with Crippen molar-refractivity contribution in [3.8, 4) is 6.07 Å². The molecule has 8 heteroatoms. The summed E-state index contributed by atoms with van der Waals surface area (Å²) in [6.45, 7) is 3.77. The smallest absolute Gasteiger partial charge is 0.328 e. The van der Waals surface area contributed by atoms with Crippen molar-refractivity contribution in [1.82, 2.24) is 9.97 Å². The molecule has 0 fully saturated rings. The third-order valence-corrected chi connectivity index (χ3v) is 3.69. The van der Waals surface area contributed by atoms with Crippen LogP contribution in [-0.4, -0.2) is 14.9 Å². The van der Waals surface area contributed by atoms with Crippen LogP contribution in [0.15, 0.2) is 18.5 Å². The van der Waals surface area contributed by atoms with Crippen LogP contribution in [0.25, 0.3) is 0 Å². The predicted molar refractivity (Wildman–Crippen MR) is 74.5 cm³/mol. The standard InChI is InChI=1S/C12H11N5O2S/c1-7-6-15-12(20-7)8(2)16-11-10(17(18)19)9(5-13)3-4-14-11/h3-4,6,8H,1-2H3,(H,14,16). The van der Waals surface area contributed by atoms with Gasteiger partial charge in [-0.05, 0) is 19.9 Å². The molecule has 2 aromatic rings. The van der Waals surface area contributed by atoms with Crippen molar-refractivity contribution in [2.75, 3.05) is 5.32 Å². The van der Waals surface area contributed by atoms with E-state index in [0.29, 0.717) is 0 Å². The molecule has 1 unspecified atom stereocenters. The number of hydrogen-bond acceptors (Lipinski definition) is 7. The van der Waals surface area contributed by atoms with Crippen molar-refractivity contribution in [3.05, 3.63) is 44.0 Å². The quantitative estimate of drug-likeness (QED) is 0.685. The summed E-state index contributed by atoms with van der Waals surface area (Å²) in [5.74, 6) is 0.0782. The van der Waals surface area contributed by atoms with Gasteiger partial charge in [0.25, 0.3) is 0 Å².